The van der Waals surface area contributed by atoms with Gasteiger partial charge in [-0.1, -0.05) is 6.07 Å². The maximum Gasteiger partial charge on any atom is 0.247 e. The van der Waals surface area contributed by atoms with Crippen LogP contribution in [0, 0.1) is 0 Å². The average Bonchev–Trinajstić information content (AvgIpc) is 3.00. The third-order valence-electron chi connectivity index (χ3n) is 2.94. The molecule has 2 heterocycles. The van der Waals surface area contributed by atoms with E-state index in [0.29, 0.717) is 17.7 Å². The Hall–Kier alpha value is -1.88. The molecule has 5 heteroatoms. The molecule has 0 saturated carbocycles. The van der Waals surface area contributed by atoms with Crippen LogP contribution in [0.4, 0.5) is 0 Å². The lowest BCUT2D eigenvalue weighted by Gasteiger charge is -2.00. The van der Waals surface area contributed by atoms with Gasteiger partial charge in [0.25, 0.3) is 0 Å². The van der Waals surface area contributed by atoms with Crippen LogP contribution in [0.2, 0.25) is 0 Å². The highest BCUT2D eigenvalue weighted by atomic mass is 16.4. The van der Waals surface area contributed by atoms with Crippen molar-refractivity contribution in [3.8, 4) is 17.2 Å². The SMILES string of the molecule is Oc1cccc(-c2nnc(C3CCNC3)o2)c1. The van der Waals surface area contributed by atoms with Gasteiger partial charge in [-0.05, 0) is 31.2 Å². The minimum atomic E-state index is 0.199. The molecule has 17 heavy (non-hydrogen) atoms. The molecule has 0 aliphatic carbocycles. The van der Waals surface area contributed by atoms with Crippen molar-refractivity contribution in [3.05, 3.63) is 30.2 Å². The van der Waals surface area contributed by atoms with Crippen molar-refractivity contribution in [2.75, 3.05) is 13.1 Å². The number of rotatable bonds is 2. The van der Waals surface area contributed by atoms with E-state index in [1.807, 2.05) is 6.07 Å². The predicted molar refractivity (Wildman–Crippen MR) is 61.6 cm³/mol. The van der Waals surface area contributed by atoms with E-state index in [4.69, 9.17) is 4.42 Å². The summed E-state index contributed by atoms with van der Waals surface area (Å²) in [7, 11) is 0. The molecule has 1 atom stereocenters. The molecule has 1 fully saturated rings. The van der Waals surface area contributed by atoms with E-state index in [1.165, 1.54) is 0 Å². The van der Waals surface area contributed by atoms with Crippen molar-refractivity contribution in [3.63, 3.8) is 0 Å². The van der Waals surface area contributed by atoms with E-state index >= 15 is 0 Å². The maximum atomic E-state index is 9.39. The molecule has 3 rings (SSSR count). The van der Waals surface area contributed by atoms with Gasteiger partial charge in [0.1, 0.15) is 5.75 Å². The molecule has 88 valence electrons. The quantitative estimate of drug-likeness (QED) is 0.820. The molecule has 1 aliphatic heterocycles. The van der Waals surface area contributed by atoms with E-state index in [-0.39, 0.29) is 5.75 Å². The summed E-state index contributed by atoms with van der Waals surface area (Å²) in [5, 5.41) is 20.7. The van der Waals surface area contributed by atoms with Crippen molar-refractivity contribution >= 4 is 0 Å². The Morgan fingerprint density at radius 2 is 2.29 bits per heavy atom. The summed E-state index contributed by atoms with van der Waals surface area (Å²) in [5.41, 5.74) is 0.745. The van der Waals surface area contributed by atoms with Gasteiger partial charge in [-0.15, -0.1) is 10.2 Å². The summed E-state index contributed by atoms with van der Waals surface area (Å²) in [6.45, 7) is 1.89. The number of nitrogens with zero attached hydrogens (tertiary/aromatic N) is 2. The lowest BCUT2D eigenvalue weighted by molar-refractivity contribution is 0.464. The van der Waals surface area contributed by atoms with Gasteiger partial charge in [-0.3, -0.25) is 0 Å². The first-order valence-corrected chi connectivity index (χ1v) is 5.66. The van der Waals surface area contributed by atoms with Crippen LogP contribution in [-0.2, 0) is 0 Å². The molecule has 1 saturated heterocycles. The summed E-state index contributed by atoms with van der Waals surface area (Å²) in [6, 6.07) is 6.82. The second kappa shape index (κ2) is 4.18. The molecule has 1 aromatic heterocycles. The van der Waals surface area contributed by atoms with E-state index in [0.717, 1.165) is 25.1 Å². The summed E-state index contributed by atoms with van der Waals surface area (Å²) in [6.07, 6.45) is 1.03. The second-order valence-corrected chi connectivity index (χ2v) is 4.19. The van der Waals surface area contributed by atoms with Crippen molar-refractivity contribution in [2.24, 2.45) is 0 Å². The number of aromatic hydroxyl groups is 1. The molecule has 1 aliphatic rings. The Labute approximate surface area is 98.5 Å². The first-order chi connectivity index (χ1) is 8.33. The second-order valence-electron chi connectivity index (χ2n) is 4.19. The lowest BCUT2D eigenvalue weighted by Crippen LogP contribution is -2.08. The van der Waals surface area contributed by atoms with Crippen LogP contribution in [0.1, 0.15) is 18.2 Å². The highest BCUT2D eigenvalue weighted by molar-refractivity contribution is 5.55. The molecule has 0 amide bonds. The van der Waals surface area contributed by atoms with E-state index in [9.17, 15) is 5.11 Å². The van der Waals surface area contributed by atoms with Crippen LogP contribution in [0.25, 0.3) is 11.5 Å². The van der Waals surface area contributed by atoms with Gasteiger partial charge < -0.3 is 14.8 Å². The number of aromatic nitrogens is 2. The van der Waals surface area contributed by atoms with Crippen LogP contribution >= 0.6 is 0 Å². The smallest absolute Gasteiger partial charge is 0.247 e. The maximum absolute atomic E-state index is 9.39. The summed E-state index contributed by atoms with van der Waals surface area (Å²) in [4.78, 5) is 0. The van der Waals surface area contributed by atoms with Crippen LogP contribution in [-0.4, -0.2) is 28.4 Å². The first-order valence-electron chi connectivity index (χ1n) is 5.66. The van der Waals surface area contributed by atoms with Gasteiger partial charge in [0.2, 0.25) is 11.8 Å². The van der Waals surface area contributed by atoms with Gasteiger partial charge in [-0.2, -0.15) is 0 Å². The third-order valence-corrected chi connectivity index (χ3v) is 2.94. The number of phenolic OH excluding ortho intramolecular Hbond substituents is 1. The van der Waals surface area contributed by atoms with E-state index in [2.05, 4.69) is 15.5 Å². The standard InChI is InChI=1S/C12H13N3O2/c16-10-3-1-2-8(6-10)11-14-15-12(17-11)9-4-5-13-7-9/h1-3,6,9,13,16H,4-5,7H2. The van der Waals surface area contributed by atoms with Crippen molar-refractivity contribution in [1.29, 1.82) is 0 Å². The van der Waals surface area contributed by atoms with Crippen LogP contribution in [0.15, 0.2) is 28.7 Å². The van der Waals surface area contributed by atoms with E-state index in [1.54, 1.807) is 18.2 Å². The predicted octanol–water partition coefficient (Wildman–Crippen LogP) is 1.52. The average molecular weight is 231 g/mol. The fourth-order valence-corrected chi connectivity index (χ4v) is 2.02. The van der Waals surface area contributed by atoms with Crippen LogP contribution in [0.5, 0.6) is 5.75 Å². The Balaban J connectivity index is 1.89. The molecule has 0 spiro atoms. The molecule has 5 nitrogen and oxygen atoms in total. The summed E-state index contributed by atoms with van der Waals surface area (Å²) >= 11 is 0. The molecular formula is C12H13N3O2. The minimum absolute atomic E-state index is 0.199. The fraction of sp³-hybridized carbons (Fsp3) is 0.333. The van der Waals surface area contributed by atoms with E-state index < -0.39 is 0 Å². The molecule has 1 unspecified atom stereocenters. The van der Waals surface area contributed by atoms with Crippen molar-refractivity contribution in [1.82, 2.24) is 15.5 Å². The zero-order valence-electron chi connectivity index (χ0n) is 9.26. The van der Waals surface area contributed by atoms with Crippen LogP contribution < -0.4 is 5.32 Å². The highest BCUT2D eigenvalue weighted by Gasteiger charge is 2.22. The van der Waals surface area contributed by atoms with Crippen molar-refractivity contribution in [2.45, 2.75) is 12.3 Å². The highest BCUT2D eigenvalue weighted by Crippen LogP contribution is 2.26. The van der Waals surface area contributed by atoms with Gasteiger partial charge in [0.05, 0.1) is 5.92 Å². The monoisotopic (exact) mass is 231 g/mol. The minimum Gasteiger partial charge on any atom is -0.508 e. The number of hydrogen-bond acceptors (Lipinski definition) is 5. The Kier molecular flexibility index (Phi) is 2.53. The van der Waals surface area contributed by atoms with Crippen molar-refractivity contribution < 1.29 is 9.52 Å². The number of benzene rings is 1. The topological polar surface area (TPSA) is 71.2 Å². The van der Waals surface area contributed by atoms with Crippen LogP contribution in [0.3, 0.4) is 0 Å². The van der Waals surface area contributed by atoms with Gasteiger partial charge in [-0.25, -0.2) is 0 Å². The zero-order valence-corrected chi connectivity index (χ0v) is 9.26. The van der Waals surface area contributed by atoms with Gasteiger partial charge in [0, 0.05) is 12.1 Å². The first kappa shape index (κ1) is 10.3. The number of hydrogen-bond donors (Lipinski definition) is 2. The largest absolute Gasteiger partial charge is 0.508 e. The molecule has 0 bridgehead atoms. The molecule has 2 N–H and O–H groups in total. The normalized spacial score (nSPS) is 19.6. The summed E-state index contributed by atoms with van der Waals surface area (Å²) in [5.74, 6) is 1.65. The van der Waals surface area contributed by atoms with Gasteiger partial charge in [0.15, 0.2) is 0 Å². The van der Waals surface area contributed by atoms with Gasteiger partial charge >= 0.3 is 0 Å². The fourth-order valence-electron chi connectivity index (χ4n) is 2.02. The zero-order chi connectivity index (χ0) is 11.7. The molecule has 0 radical (unpaired) electrons. The number of nitrogens with one attached hydrogen (secondary N) is 1. The summed E-state index contributed by atoms with van der Waals surface area (Å²) < 4.78 is 5.64. The Morgan fingerprint density at radius 1 is 1.35 bits per heavy atom. The molecule has 2 aromatic rings. The number of phenols is 1. The lowest BCUT2D eigenvalue weighted by atomic mass is 10.1. The third kappa shape index (κ3) is 2.01. The Morgan fingerprint density at radius 3 is 3.06 bits per heavy atom. The Bertz CT molecular complexity index is 518. The molecule has 1 aromatic carbocycles. The molecular weight excluding hydrogens is 218 g/mol.